The number of halogens is 2. The van der Waals surface area contributed by atoms with Crippen molar-refractivity contribution < 1.29 is 8.78 Å². The lowest BCUT2D eigenvalue weighted by atomic mass is 10.0. The summed E-state index contributed by atoms with van der Waals surface area (Å²) in [7, 11) is 0. The van der Waals surface area contributed by atoms with Crippen LogP contribution in [0.25, 0.3) is 0 Å². The molecule has 0 aliphatic heterocycles. The molecule has 76 valence electrons. The van der Waals surface area contributed by atoms with Crippen LogP contribution in [0.2, 0.25) is 0 Å². The minimum absolute atomic E-state index is 0.144. The van der Waals surface area contributed by atoms with Gasteiger partial charge in [0.15, 0.2) is 0 Å². The van der Waals surface area contributed by atoms with Gasteiger partial charge in [-0.3, -0.25) is 0 Å². The van der Waals surface area contributed by atoms with Crippen molar-refractivity contribution in [3.63, 3.8) is 0 Å². The first-order valence-corrected chi connectivity index (χ1v) is 4.65. The van der Waals surface area contributed by atoms with Gasteiger partial charge in [0.1, 0.15) is 11.6 Å². The number of hydrogen-bond acceptors (Lipinski definition) is 1. The molecule has 3 heteroatoms. The molecule has 1 aliphatic rings. The van der Waals surface area contributed by atoms with Crippen LogP contribution in [-0.4, -0.2) is 6.04 Å². The SMILES string of the molecule is CC1(C)[C@H](N)[C@H]1c1c(F)cccc1F. The van der Waals surface area contributed by atoms with Gasteiger partial charge in [-0.2, -0.15) is 0 Å². The quantitative estimate of drug-likeness (QED) is 0.735. The molecule has 14 heavy (non-hydrogen) atoms. The molecule has 0 radical (unpaired) electrons. The summed E-state index contributed by atoms with van der Waals surface area (Å²) in [5.74, 6) is -1.17. The van der Waals surface area contributed by atoms with E-state index in [2.05, 4.69) is 0 Å². The molecule has 1 saturated carbocycles. The van der Waals surface area contributed by atoms with E-state index in [0.29, 0.717) is 0 Å². The summed E-state index contributed by atoms with van der Waals surface area (Å²) in [5.41, 5.74) is 5.73. The summed E-state index contributed by atoms with van der Waals surface area (Å²) >= 11 is 0. The molecule has 0 heterocycles. The molecule has 0 aromatic heterocycles. The third-order valence-corrected chi connectivity index (χ3v) is 3.22. The molecule has 1 aliphatic carbocycles. The van der Waals surface area contributed by atoms with Crippen LogP contribution in [0.3, 0.4) is 0 Å². The van der Waals surface area contributed by atoms with Crippen molar-refractivity contribution in [2.75, 3.05) is 0 Å². The maximum Gasteiger partial charge on any atom is 0.129 e. The fourth-order valence-electron chi connectivity index (χ4n) is 2.04. The highest BCUT2D eigenvalue weighted by Crippen LogP contribution is 2.58. The summed E-state index contributed by atoms with van der Waals surface area (Å²) in [6.45, 7) is 3.85. The highest BCUT2D eigenvalue weighted by Gasteiger charge is 2.57. The molecule has 0 unspecified atom stereocenters. The summed E-state index contributed by atoms with van der Waals surface area (Å²) < 4.78 is 26.7. The second-order valence-electron chi connectivity index (χ2n) is 4.46. The fourth-order valence-corrected chi connectivity index (χ4v) is 2.04. The third-order valence-electron chi connectivity index (χ3n) is 3.22. The highest BCUT2D eigenvalue weighted by atomic mass is 19.1. The Bertz CT molecular complexity index is 353. The molecule has 0 saturated heterocycles. The second-order valence-corrected chi connectivity index (χ2v) is 4.46. The van der Waals surface area contributed by atoms with Crippen LogP contribution >= 0.6 is 0 Å². The zero-order valence-electron chi connectivity index (χ0n) is 8.22. The highest BCUT2D eigenvalue weighted by molar-refractivity contribution is 5.36. The molecule has 1 fully saturated rings. The number of rotatable bonds is 1. The average molecular weight is 197 g/mol. The van der Waals surface area contributed by atoms with E-state index in [1.165, 1.54) is 18.2 Å². The number of hydrogen-bond donors (Lipinski definition) is 1. The van der Waals surface area contributed by atoms with Gasteiger partial charge in [-0.15, -0.1) is 0 Å². The van der Waals surface area contributed by atoms with Crippen LogP contribution in [0.15, 0.2) is 18.2 Å². The molecular formula is C11H13F2N. The Labute approximate surface area is 81.9 Å². The molecule has 1 aromatic rings. The monoisotopic (exact) mass is 197 g/mol. The van der Waals surface area contributed by atoms with E-state index in [9.17, 15) is 8.78 Å². The lowest BCUT2D eigenvalue weighted by Gasteiger charge is -2.05. The minimum atomic E-state index is -0.490. The lowest BCUT2D eigenvalue weighted by Crippen LogP contribution is -2.06. The van der Waals surface area contributed by atoms with Gasteiger partial charge in [-0.1, -0.05) is 19.9 Å². The predicted octanol–water partition coefficient (Wildman–Crippen LogP) is 2.42. The van der Waals surface area contributed by atoms with Gasteiger partial charge in [0.25, 0.3) is 0 Å². The van der Waals surface area contributed by atoms with E-state index in [1.807, 2.05) is 13.8 Å². The Morgan fingerprint density at radius 2 is 1.64 bits per heavy atom. The number of nitrogens with two attached hydrogens (primary N) is 1. The van der Waals surface area contributed by atoms with E-state index >= 15 is 0 Å². The van der Waals surface area contributed by atoms with Crippen molar-refractivity contribution in [1.29, 1.82) is 0 Å². The van der Waals surface area contributed by atoms with Gasteiger partial charge in [-0.25, -0.2) is 8.78 Å². The first-order valence-electron chi connectivity index (χ1n) is 4.65. The first-order chi connectivity index (χ1) is 6.46. The fraction of sp³-hybridized carbons (Fsp3) is 0.455. The van der Waals surface area contributed by atoms with Crippen molar-refractivity contribution in [3.05, 3.63) is 35.4 Å². The Balaban J connectivity index is 2.44. The smallest absolute Gasteiger partial charge is 0.129 e. The standard InChI is InChI=1S/C11H13F2N/c1-11(2)9(10(11)14)8-6(12)4-3-5-7(8)13/h3-5,9-10H,14H2,1-2H3/t9-,10-/m1/s1. The van der Waals surface area contributed by atoms with Gasteiger partial charge in [-0.05, 0) is 17.5 Å². The minimum Gasteiger partial charge on any atom is -0.327 e. The van der Waals surface area contributed by atoms with E-state index in [4.69, 9.17) is 5.73 Å². The first kappa shape index (κ1) is 9.59. The average Bonchev–Trinajstić information content (AvgIpc) is 2.54. The largest absolute Gasteiger partial charge is 0.327 e. The molecule has 0 amide bonds. The predicted molar refractivity (Wildman–Crippen MR) is 50.9 cm³/mol. The van der Waals surface area contributed by atoms with Gasteiger partial charge < -0.3 is 5.73 Å². The van der Waals surface area contributed by atoms with Crippen LogP contribution in [0, 0.1) is 17.0 Å². The van der Waals surface area contributed by atoms with E-state index in [-0.39, 0.29) is 22.9 Å². The van der Waals surface area contributed by atoms with Crippen molar-refractivity contribution in [3.8, 4) is 0 Å². The van der Waals surface area contributed by atoms with Gasteiger partial charge >= 0.3 is 0 Å². The van der Waals surface area contributed by atoms with Crippen LogP contribution in [-0.2, 0) is 0 Å². The molecule has 0 bridgehead atoms. The van der Waals surface area contributed by atoms with E-state index in [0.717, 1.165) is 0 Å². The molecule has 2 atom stereocenters. The van der Waals surface area contributed by atoms with Gasteiger partial charge in [0.05, 0.1) is 0 Å². The van der Waals surface area contributed by atoms with Gasteiger partial charge in [0, 0.05) is 17.5 Å². The van der Waals surface area contributed by atoms with Crippen LogP contribution in [0.5, 0.6) is 0 Å². The van der Waals surface area contributed by atoms with Crippen molar-refractivity contribution in [2.45, 2.75) is 25.8 Å². The summed E-state index contributed by atoms with van der Waals surface area (Å²) in [6, 6.07) is 3.78. The van der Waals surface area contributed by atoms with E-state index < -0.39 is 11.6 Å². The molecule has 0 spiro atoms. The zero-order chi connectivity index (χ0) is 10.5. The van der Waals surface area contributed by atoms with Crippen molar-refractivity contribution >= 4 is 0 Å². The summed E-state index contributed by atoms with van der Waals surface area (Å²) in [4.78, 5) is 0. The second kappa shape index (κ2) is 2.76. The molecule has 2 N–H and O–H groups in total. The summed E-state index contributed by atoms with van der Waals surface area (Å²) in [5, 5.41) is 0. The molecular weight excluding hydrogens is 184 g/mol. The summed E-state index contributed by atoms with van der Waals surface area (Å²) in [6.07, 6.45) is 0. The maximum absolute atomic E-state index is 13.4. The Kier molecular flexibility index (Phi) is 1.89. The topological polar surface area (TPSA) is 26.0 Å². The van der Waals surface area contributed by atoms with Crippen LogP contribution in [0.1, 0.15) is 25.3 Å². The number of benzene rings is 1. The van der Waals surface area contributed by atoms with Crippen LogP contribution < -0.4 is 5.73 Å². The van der Waals surface area contributed by atoms with Crippen LogP contribution in [0.4, 0.5) is 8.78 Å². The normalized spacial score (nSPS) is 28.9. The molecule has 1 nitrogen and oxygen atoms in total. The third kappa shape index (κ3) is 1.16. The molecule has 2 rings (SSSR count). The molecule has 1 aromatic carbocycles. The maximum atomic E-state index is 13.4. The van der Waals surface area contributed by atoms with E-state index in [1.54, 1.807) is 0 Å². The lowest BCUT2D eigenvalue weighted by molar-refractivity contribution is 0.530. The van der Waals surface area contributed by atoms with Crippen molar-refractivity contribution in [2.24, 2.45) is 11.1 Å². The van der Waals surface area contributed by atoms with Crippen molar-refractivity contribution in [1.82, 2.24) is 0 Å². The zero-order valence-corrected chi connectivity index (χ0v) is 8.22. The van der Waals surface area contributed by atoms with Gasteiger partial charge in [0.2, 0.25) is 0 Å². The Morgan fingerprint density at radius 1 is 1.21 bits per heavy atom. The Hall–Kier alpha value is -0.960. The Morgan fingerprint density at radius 3 is 2.00 bits per heavy atom.